The summed E-state index contributed by atoms with van der Waals surface area (Å²) in [6.45, 7) is 3.31. The van der Waals surface area contributed by atoms with Crippen LogP contribution in [0, 0.1) is 0 Å². The van der Waals surface area contributed by atoms with E-state index in [2.05, 4.69) is 15.9 Å². The normalized spacial score (nSPS) is 10.4. The number of halogens is 1. The zero-order valence-corrected chi connectivity index (χ0v) is 13.6. The van der Waals surface area contributed by atoms with Crippen LogP contribution >= 0.6 is 15.9 Å². The highest BCUT2D eigenvalue weighted by Gasteiger charge is 2.12. The van der Waals surface area contributed by atoms with Crippen molar-refractivity contribution in [2.24, 2.45) is 0 Å². The number of hydrogen-bond acceptors (Lipinski definition) is 2. The molecule has 4 heteroatoms. The minimum absolute atomic E-state index is 0.136. The zero-order chi connectivity index (χ0) is 15.2. The molecule has 3 nitrogen and oxygen atoms in total. The van der Waals surface area contributed by atoms with E-state index in [4.69, 9.17) is 5.73 Å². The van der Waals surface area contributed by atoms with Crippen LogP contribution in [0.1, 0.15) is 18.1 Å². The second-order valence-electron chi connectivity index (χ2n) is 4.95. The van der Waals surface area contributed by atoms with Gasteiger partial charge in [0.2, 0.25) is 5.91 Å². The van der Waals surface area contributed by atoms with Crippen LogP contribution in [0.5, 0.6) is 0 Å². The summed E-state index contributed by atoms with van der Waals surface area (Å²) in [6, 6.07) is 15.5. The molecule has 0 fully saturated rings. The summed E-state index contributed by atoms with van der Waals surface area (Å²) < 4.78 is 1.02. The minimum Gasteiger partial charge on any atom is -0.399 e. The third-order valence-corrected chi connectivity index (χ3v) is 3.88. The van der Waals surface area contributed by atoms with Gasteiger partial charge < -0.3 is 10.6 Å². The molecule has 2 N–H and O–H groups in total. The molecule has 21 heavy (non-hydrogen) atoms. The van der Waals surface area contributed by atoms with Crippen LogP contribution in [0.2, 0.25) is 0 Å². The van der Waals surface area contributed by atoms with E-state index in [-0.39, 0.29) is 5.91 Å². The van der Waals surface area contributed by atoms with Gasteiger partial charge >= 0.3 is 0 Å². The van der Waals surface area contributed by atoms with E-state index in [1.165, 1.54) is 0 Å². The molecule has 0 aliphatic rings. The molecule has 0 radical (unpaired) electrons. The standard InChI is InChI=1S/C17H19BrN2O/c1-2-20(12-14-5-9-16(19)10-6-14)17(21)11-13-3-7-15(18)8-4-13/h3-10H,2,11-12,19H2,1H3. The Balaban J connectivity index is 2.01. The van der Waals surface area contributed by atoms with Crippen LogP contribution in [-0.4, -0.2) is 17.4 Å². The summed E-state index contributed by atoms with van der Waals surface area (Å²) in [5.74, 6) is 0.136. The second kappa shape index (κ2) is 7.27. The van der Waals surface area contributed by atoms with Gasteiger partial charge in [-0.15, -0.1) is 0 Å². The van der Waals surface area contributed by atoms with Crippen LogP contribution in [0.4, 0.5) is 5.69 Å². The van der Waals surface area contributed by atoms with E-state index in [1.54, 1.807) is 0 Å². The van der Waals surface area contributed by atoms with E-state index in [1.807, 2.05) is 60.4 Å². The highest BCUT2D eigenvalue weighted by atomic mass is 79.9. The topological polar surface area (TPSA) is 46.3 Å². The average Bonchev–Trinajstić information content (AvgIpc) is 2.49. The van der Waals surface area contributed by atoms with Crippen molar-refractivity contribution in [1.29, 1.82) is 0 Å². The maximum absolute atomic E-state index is 12.4. The van der Waals surface area contributed by atoms with Crippen LogP contribution in [0.15, 0.2) is 53.0 Å². The van der Waals surface area contributed by atoms with Crippen molar-refractivity contribution >= 4 is 27.5 Å². The van der Waals surface area contributed by atoms with Gasteiger partial charge in [-0.3, -0.25) is 4.79 Å². The van der Waals surface area contributed by atoms with Gasteiger partial charge in [0.15, 0.2) is 0 Å². The first-order valence-electron chi connectivity index (χ1n) is 6.95. The number of benzene rings is 2. The molecule has 0 heterocycles. The first kappa shape index (κ1) is 15.6. The van der Waals surface area contributed by atoms with Crippen LogP contribution in [-0.2, 0) is 17.8 Å². The van der Waals surface area contributed by atoms with Gasteiger partial charge in [-0.2, -0.15) is 0 Å². The molecule has 2 rings (SSSR count). The highest BCUT2D eigenvalue weighted by Crippen LogP contribution is 2.13. The summed E-state index contributed by atoms with van der Waals surface area (Å²) in [4.78, 5) is 14.2. The predicted octanol–water partition coefficient (Wildman–Crippen LogP) is 3.62. The fourth-order valence-corrected chi connectivity index (χ4v) is 2.37. The Kier molecular flexibility index (Phi) is 5.39. The van der Waals surface area contributed by atoms with Gasteiger partial charge in [0.05, 0.1) is 6.42 Å². The van der Waals surface area contributed by atoms with Crippen molar-refractivity contribution in [3.05, 3.63) is 64.1 Å². The number of anilines is 1. The van der Waals surface area contributed by atoms with Gasteiger partial charge in [-0.25, -0.2) is 0 Å². The molecule has 0 saturated carbocycles. The molecule has 2 aromatic rings. The number of amides is 1. The Bertz CT molecular complexity index is 593. The summed E-state index contributed by atoms with van der Waals surface area (Å²) in [6.07, 6.45) is 0.427. The Morgan fingerprint density at radius 1 is 1.05 bits per heavy atom. The quantitative estimate of drug-likeness (QED) is 0.840. The molecule has 0 spiro atoms. The number of nitrogens with two attached hydrogens (primary N) is 1. The predicted molar refractivity (Wildman–Crippen MR) is 89.8 cm³/mol. The van der Waals surface area contributed by atoms with Gasteiger partial charge in [-0.05, 0) is 42.3 Å². The number of carbonyl (C=O) groups excluding carboxylic acids is 1. The molecule has 0 aliphatic heterocycles. The zero-order valence-electron chi connectivity index (χ0n) is 12.1. The highest BCUT2D eigenvalue weighted by molar-refractivity contribution is 9.10. The Hall–Kier alpha value is -1.81. The van der Waals surface area contributed by atoms with Crippen LogP contribution < -0.4 is 5.73 Å². The largest absolute Gasteiger partial charge is 0.399 e. The fraction of sp³-hybridized carbons (Fsp3) is 0.235. The summed E-state index contributed by atoms with van der Waals surface area (Å²) in [5.41, 5.74) is 8.54. The lowest BCUT2D eigenvalue weighted by Gasteiger charge is -2.21. The number of rotatable bonds is 5. The lowest BCUT2D eigenvalue weighted by Crippen LogP contribution is -2.31. The van der Waals surface area contributed by atoms with E-state index < -0.39 is 0 Å². The first-order valence-corrected chi connectivity index (χ1v) is 7.74. The maximum Gasteiger partial charge on any atom is 0.227 e. The summed E-state index contributed by atoms with van der Waals surface area (Å²) in [7, 11) is 0. The molecule has 0 aromatic heterocycles. The average molecular weight is 347 g/mol. The Morgan fingerprint density at radius 3 is 2.19 bits per heavy atom. The molecule has 1 amide bonds. The molecular formula is C17H19BrN2O. The molecular weight excluding hydrogens is 328 g/mol. The Morgan fingerprint density at radius 2 is 1.62 bits per heavy atom. The third kappa shape index (κ3) is 4.60. The van der Waals surface area contributed by atoms with E-state index in [0.717, 1.165) is 21.3 Å². The van der Waals surface area contributed by atoms with Crippen LogP contribution in [0.25, 0.3) is 0 Å². The number of nitrogen functional groups attached to an aromatic ring is 1. The van der Waals surface area contributed by atoms with Gasteiger partial charge in [0, 0.05) is 23.2 Å². The first-order chi connectivity index (χ1) is 10.1. The maximum atomic E-state index is 12.4. The number of nitrogens with zero attached hydrogens (tertiary/aromatic N) is 1. The fourth-order valence-electron chi connectivity index (χ4n) is 2.11. The lowest BCUT2D eigenvalue weighted by atomic mass is 10.1. The number of hydrogen-bond donors (Lipinski definition) is 1. The third-order valence-electron chi connectivity index (χ3n) is 3.36. The molecule has 0 bridgehead atoms. The van der Waals surface area contributed by atoms with Crippen molar-refractivity contribution in [3.8, 4) is 0 Å². The lowest BCUT2D eigenvalue weighted by molar-refractivity contribution is -0.130. The number of likely N-dealkylation sites (N-methyl/N-ethyl adjacent to an activating group) is 1. The van der Waals surface area contributed by atoms with Crippen molar-refractivity contribution in [2.45, 2.75) is 19.9 Å². The molecule has 0 saturated heterocycles. The molecule has 0 unspecified atom stereocenters. The van der Waals surface area contributed by atoms with Crippen molar-refractivity contribution in [2.75, 3.05) is 12.3 Å². The van der Waals surface area contributed by atoms with Gasteiger partial charge in [-0.1, -0.05) is 40.2 Å². The molecule has 2 aromatic carbocycles. The monoisotopic (exact) mass is 346 g/mol. The Labute approximate surface area is 133 Å². The molecule has 0 aliphatic carbocycles. The van der Waals surface area contributed by atoms with E-state index in [0.29, 0.717) is 19.5 Å². The van der Waals surface area contributed by atoms with Gasteiger partial charge in [0.1, 0.15) is 0 Å². The minimum atomic E-state index is 0.136. The number of carbonyl (C=O) groups is 1. The van der Waals surface area contributed by atoms with Crippen molar-refractivity contribution < 1.29 is 4.79 Å². The van der Waals surface area contributed by atoms with E-state index in [9.17, 15) is 4.79 Å². The van der Waals surface area contributed by atoms with Crippen molar-refractivity contribution in [3.63, 3.8) is 0 Å². The van der Waals surface area contributed by atoms with Gasteiger partial charge in [0.25, 0.3) is 0 Å². The smallest absolute Gasteiger partial charge is 0.227 e. The molecule has 0 atom stereocenters. The van der Waals surface area contributed by atoms with E-state index >= 15 is 0 Å². The van der Waals surface area contributed by atoms with Crippen LogP contribution in [0.3, 0.4) is 0 Å². The SMILES string of the molecule is CCN(Cc1ccc(N)cc1)C(=O)Cc1ccc(Br)cc1. The summed E-state index contributed by atoms with van der Waals surface area (Å²) >= 11 is 3.40. The summed E-state index contributed by atoms with van der Waals surface area (Å²) in [5, 5.41) is 0. The van der Waals surface area contributed by atoms with Crippen molar-refractivity contribution in [1.82, 2.24) is 4.90 Å². The second-order valence-corrected chi connectivity index (χ2v) is 5.87. The molecule has 110 valence electrons.